The summed E-state index contributed by atoms with van der Waals surface area (Å²) >= 11 is 0. The van der Waals surface area contributed by atoms with Crippen LogP contribution in [-0.2, 0) is 23.8 Å². The number of esters is 2. The van der Waals surface area contributed by atoms with E-state index in [-0.39, 0.29) is 31.8 Å². The molecule has 4 rings (SSSR count). The highest BCUT2D eigenvalue weighted by Gasteiger charge is 2.62. The highest BCUT2D eigenvalue weighted by Crippen LogP contribution is 2.62. The first-order chi connectivity index (χ1) is 14.1. The summed E-state index contributed by atoms with van der Waals surface area (Å²) < 4.78 is 68.7. The van der Waals surface area contributed by atoms with Crippen molar-refractivity contribution in [3.05, 3.63) is 0 Å². The highest BCUT2D eigenvalue weighted by atomic mass is 19.3. The molecule has 10 heteroatoms. The molecule has 0 spiro atoms. The van der Waals surface area contributed by atoms with Crippen molar-refractivity contribution in [2.75, 3.05) is 13.2 Å². The van der Waals surface area contributed by atoms with Gasteiger partial charge < -0.3 is 19.3 Å². The second-order valence-corrected chi connectivity index (χ2v) is 9.71. The van der Waals surface area contributed by atoms with Gasteiger partial charge in [0.2, 0.25) is 0 Å². The van der Waals surface area contributed by atoms with Crippen LogP contribution in [0.2, 0.25) is 0 Å². The molecular weight excluding hydrogens is 424 g/mol. The largest absolute Gasteiger partial charge is 0.461 e. The Kier molecular flexibility index (Phi) is 6.15. The molecule has 4 saturated carbocycles. The molecule has 0 radical (unpaired) electrons. The van der Waals surface area contributed by atoms with Crippen molar-refractivity contribution in [2.45, 2.75) is 89.0 Å². The Labute approximate surface area is 178 Å². The van der Waals surface area contributed by atoms with Crippen LogP contribution in [0.15, 0.2) is 0 Å². The van der Waals surface area contributed by atoms with Crippen molar-refractivity contribution in [2.24, 2.45) is 17.3 Å². The SMILES string of the molecule is CCOC(=O)C(C)(OCCC(F)(F)C(C)(F)F)OC(=O)C12CC3CC(CC(O)(C3)C1)C2. The number of hydrogen-bond donors (Lipinski definition) is 1. The molecule has 0 aromatic carbocycles. The number of hydrogen-bond acceptors (Lipinski definition) is 6. The summed E-state index contributed by atoms with van der Waals surface area (Å²) in [6.07, 6.45) is 1.98. The second-order valence-electron chi connectivity index (χ2n) is 9.71. The number of halogens is 4. The van der Waals surface area contributed by atoms with E-state index < -0.39 is 53.6 Å². The average molecular weight is 454 g/mol. The normalized spacial score (nSPS) is 34.3. The lowest BCUT2D eigenvalue weighted by atomic mass is 9.48. The number of carbonyl (C=O) groups excluding carboxylic acids is 2. The Morgan fingerprint density at radius 3 is 2.13 bits per heavy atom. The van der Waals surface area contributed by atoms with Gasteiger partial charge in [0.15, 0.2) is 0 Å². The van der Waals surface area contributed by atoms with E-state index in [0.29, 0.717) is 25.7 Å². The monoisotopic (exact) mass is 454 g/mol. The van der Waals surface area contributed by atoms with Crippen LogP contribution in [0, 0.1) is 17.3 Å². The first-order valence-electron chi connectivity index (χ1n) is 10.7. The summed E-state index contributed by atoms with van der Waals surface area (Å²) in [5, 5.41) is 10.8. The number of ether oxygens (including phenoxy) is 3. The van der Waals surface area contributed by atoms with Gasteiger partial charge in [-0.3, -0.25) is 4.79 Å². The smallest absolute Gasteiger partial charge is 0.379 e. The van der Waals surface area contributed by atoms with Gasteiger partial charge in [-0.15, -0.1) is 0 Å². The molecule has 4 fully saturated rings. The lowest BCUT2D eigenvalue weighted by molar-refractivity contribution is -0.261. The topological polar surface area (TPSA) is 82.1 Å². The van der Waals surface area contributed by atoms with Crippen LogP contribution in [0.1, 0.15) is 65.7 Å². The highest BCUT2D eigenvalue weighted by molar-refractivity contribution is 5.84. The molecule has 31 heavy (non-hydrogen) atoms. The maximum absolute atomic E-state index is 13.6. The summed E-state index contributed by atoms with van der Waals surface area (Å²) in [6.45, 7) is 1.60. The maximum Gasteiger partial charge on any atom is 0.379 e. The van der Waals surface area contributed by atoms with Gasteiger partial charge in [-0.2, -0.15) is 8.78 Å². The molecule has 0 amide bonds. The third kappa shape index (κ3) is 4.69. The van der Waals surface area contributed by atoms with E-state index in [1.54, 1.807) is 0 Å². The summed E-state index contributed by atoms with van der Waals surface area (Å²) in [4.78, 5) is 25.6. The van der Waals surface area contributed by atoms with Gasteiger partial charge in [0.1, 0.15) is 0 Å². The van der Waals surface area contributed by atoms with Crippen LogP contribution < -0.4 is 0 Å². The molecule has 4 bridgehead atoms. The minimum Gasteiger partial charge on any atom is -0.461 e. The zero-order valence-corrected chi connectivity index (χ0v) is 18.0. The third-order valence-corrected chi connectivity index (χ3v) is 6.83. The van der Waals surface area contributed by atoms with Crippen LogP contribution in [0.25, 0.3) is 0 Å². The van der Waals surface area contributed by atoms with Crippen molar-refractivity contribution < 1.29 is 46.5 Å². The number of aliphatic hydroxyl groups is 1. The van der Waals surface area contributed by atoms with Gasteiger partial charge in [0.25, 0.3) is 0 Å². The van der Waals surface area contributed by atoms with Crippen molar-refractivity contribution in [1.29, 1.82) is 0 Å². The third-order valence-electron chi connectivity index (χ3n) is 6.83. The zero-order chi connectivity index (χ0) is 23.3. The van der Waals surface area contributed by atoms with Crippen molar-refractivity contribution in [3.63, 3.8) is 0 Å². The van der Waals surface area contributed by atoms with E-state index in [2.05, 4.69) is 0 Å². The standard InChI is InChI=1S/C21H30F4O6/c1-4-29-15(26)17(2,30-6-5-21(24,25)18(3,22)23)31-16(27)19-8-13-7-14(9-19)11-20(28,10-13)12-19/h13-14,28H,4-12H2,1-3H3. The van der Waals surface area contributed by atoms with Gasteiger partial charge in [-0.25, -0.2) is 13.6 Å². The first kappa shape index (κ1) is 24.2. The summed E-state index contributed by atoms with van der Waals surface area (Å²) in [7, 11) is 0. The maximum atomic E-state index is 13.6. The summed E-state index contributed by atoms with van der Waals surface area (Å²) in [5.41, 5.74) is -1.95. The number of carbonyl (C=O) groups is 2. The Morgan fingerprint density at radius 2 is 1.65 bits per heavy atom. The Morgan fingerprint density at radius 1 is 1.06 bits per heavy atom. The Balaban J connectivity index is 1.73. The molecular formula is C21H30F4O6. The molecule has 0 aliphatic heterocycles. The predicted molar refractivity (Wildman–Crippen MR) is 99.3 cm³/mol. The van der Waals surface area contributed by atoms with Gasteiger partial charge >= 0.3 is 29.6 Å². The van der Waals surface area contributed by atoms with Gasteiger partial charge in [-0.05, 0) is 57.3 Å². The zero-order valence-electron chi connectivity index (χ0n) is 18.0. The van der Waals surface area contributed by atoms with E-state index in [9.17, 15) is 32.3 Å². The van der Waals surface area contributed by atoms with Crippen LogP contribution in [0.5, 0.6) is 0 Å². The Hall–Kier alpha value is -1.42. The van der Waals surface area contributed by atoms with Crippen molar-refractivity contribution in [3.8, 4) is 0 Å². The van der Waals surface area contributed by atoms with E-state index >= 15 is 0 Å². The molecule has 6 nitrogen and oxygen atoms in total. The van der Waals surface area contributed by atoms with Crippen LogP contribution >= 0.6 is 0 Å². The molecule has 0 saturated heterocycles. The van der Waals surface area contributed by atoms with E-state index in [1.165, 1.54) is 6.92 Å². The van der Waals surface area contributed by atoms with Gasteiger partial charge in [0, 0.05) is 20.3 Å². The minimum absolute atomic E-state index is 0.0897. The first-order valence-corrected chi connectivity index (χ1v) is 10.7. The molecule has 1 N–H and O–H groups in total. The molecule has 3 unspecified atom stereocenters. The number of alkyl halides is 4. The van der Waals surface area contributed by atoms with Crippen molar-refractivity contribution >= 4 is 11.9 Å². The quantitative estimate of drug-likeness (QED) is 0.324. The van der Waals surface area contributed by atoms with Crippen LogP contribution in [-0.4, -0.2) is 53.5 Å². The lowest BCUT2D eigenvalue weighted by Gasteiger charge is -2.59. The average Bonchev–Trinajstić information content (AvgIpc) is 2.58. The van der Waals surface area contributed by atoms with E-state index in [4.69, 9.17) is 14.2 Å². The van der Waals surface area contributed by atoms with E-state index in [1.807, 2.05) is 0 Å². The minimum atomic E-state index is -4.37. The fourth-order valence-electron chi connectivity index (χ4n) is 5.72. The fourth-order valence-corrected chi connectivity index (χ4v) is 5.72. The van der Waals surface area contributed by atoms with Crippen LogP contribution in [0.4, 0.5) is 17.6 Å². The summed E-state index contributed by atoms with van der Waals surface area (Å²) in [5.74, 6) is -12.5. The van der Waals surface area contributed by atoms with Crippen molar-refractivity contribution in [1.82, 2.24) is 0 Å². The Bertz CT molecular complexity index is 707. The predicted octanol–water partition coefficient (Wildman–Crippen LogP) is 3.84. The fraction of sp³-hybridized carbons (Fsp3) is 0.905. The summed E-state index contributed by atoms with van der Waals surface area (Å²) in [6, 6.07) is 0. The molecule has 0 heterocycles. The number of rotatable bonds is 9. The molecule has 4 aliphatic rings. The molecule has 0 aromatic rings. The molecule has 4 aliphatic carbocycles. The van der Waals surface area contributed by atoms with Gasteiger partial charge in [-0.1, -0.05) is 0 Å². The van der Waals surface area contributed by atoms with Crippen LogP contribution in [0.3, 0.4) is 0 Å². The molecule has 0 aromatic heterocycles. The van der Waals surface area contributed by atoms with E-state index in [0.717, 1.165) is 13.3 Å². The molecule has 178 valence electrons. The second kappa shape index (κ2) is 7.86. The lowest BCUT2D eigenvalue weighted by Crippen LogP contribution is -2.60. The van der Waals surface area contributed by atoms with Gasteiger partial charge in [0.05, 0.1) is 24.2 Å². The molecule has 3 atom stereocenters.